The van der Waals surface area contributed by atoms with E-state index in [4.69, 9.17) is 0 Å². The summed E-state index contributed by atoms with van der Waals surface area (Å²) in [5.41, 5.74) is 2.94. The molecule has 0 amide bonds. The van der Waals surface area contributed by atoms with Gasteiger partial charge in [0.25, 0.3) is 0 Å². The fourth-order valence-electron chi connectivity index (χ4n) is 2.82. The zero-order valence-electron chi connectivity index (χ0n) is 14.2. The fraction of sp³-hybridized carbons (Fsp3) is 0.429. The van der Waals surface area contributed by atoms with Crippen LogP contribution in [0.25, 0.3) is 0 Å². The average Bonchev–Trinajstić information content (AvgIpc) is 2.57. The fourth-order valence-corrected chi connectivity index (χ4v) is 4.83. The number of hydrogen-bond acceptors (Lipinski definition) is 1. The molecule has 2 aromatic carbocycles. The van der Waals surface area contributed by atoms with E-state index in [0.29, 0.717) is 0 Å². The smallest absolute Gasteiger partial charge is 0.0258 e. The van der Waals surface area contributed by atoms with E-state index in [9.17, 15) is 0 Å². The Morgan fingerprint density at radius 3 is 2.17 bits per heavy atom. The van der Waals surface area contributed by atoms with E-state index in [-0.39, 0.29) is 0 Å². The maximum atomic E-state index is 2.46. The first-order chi connectivity index (χ1) is 11.2. The van der Waals surface area contributed by atoms with Crippen LogP contribution in [0.5, 0.6) is 0 Å². The van der Waals surface area contributed by atoms with Gasteiger partial charge < -0.3 is 0 Å². The lowest BCUT2D eigenvalue weighted by atomic mass is 9.95. The van der Waals surface area contributed by atoms with Crippen molar-refractivity contribution in [2.45, 2.75) is 60.2 Å². The Labute approximate surface area is 159 Å². The van der Waals surface area contributed by atoms with Crippen molar-refractivity contribution in [3.05, 3.63) is 59.7 Å². The third-order valence-corrected chi connectivity index (χ3v) is 6.24. The van der Waals surface area contributed by atoms with Crippen LogP contribution in [0, 0.1) is 5.92 Å². The summed E-state index contributed by atoms with van der Waals surface area (Å²) in [5, 5.41) is 0. The van der Waals surface area contributed by atoms with Gasteiger partial charge in [-0.15, -0.1) is 0 Å². The first kappa shape index (κ1) is 18.9. The first-order valence-electron chi connectivity index (χ1n) is 8.64. The van der Waals surface area contributed by atoms with Crippen molar-refractivity contribution in [1.82, 2.24) is 0 Å². The minimum absolute atomic E-state index is 0.767. The number of alkyl halides is 1. The van der Waals surface area contributed by atoms with Crippen LogP contribution in [0.2, 0.25) is 0 Å². The van der Waals surface area contributed by atoms with E-state index >= 15 is 0 Å². The Balaban J connectivity index is 2.08. The monoisotopic (exact) mass is 438 g/mol. The molecule has 0 spiro atoms. The molecule has 0 fully saturated rings. The summed E-state index contributed by atoms with van der Waals surface area (Å²) >= 11 is 4.39. The van der Waals surface area contributed by atoms with Crippen LogP contribution in [0.4, 0.5) is 0 Å². The van der Waals surface area contributed by atoms with Crippen molar-refractivity contribution in [3.8, 4) is 0 Å². The lowest BCUT2D eigenvalue weighted by Crippen LogP contribution is -2.01. The van der Waals surface area contributed by atoms with E-state index in [0.717, 1.165) is 10.3 Å². The Morgan fingerprint density at radius 2 is 1.52 bits per heavy atom. The third-order valence-electron chi connectivity index (χ3n) is 4.18. The first-order valence-corrected chi connectivity index (χ1v) is 11.0. The molecule has 0 saturated heterocycles. The van der Waals surface area contributed by atoms with Gasteiger partial charge in [0.05, 0.1) is 0 Å². The van der Waals surface area contributed by atoms with Crippen LogP contribution in [-0.4, -0.2) is 0 Å². The van der Waals surface area contributed by atoms with Gasteiger partial charge in [-0.1, -0.05) is 110 Å². The van der Waals surface area contributed by atoms with Gasteiger partial charge in [-0.2, -0.15) is 0 Å². The molecule has 1 atom stereocenters. The molecule has 0 heterocycles. The standard InChI is InChI=1S/C21H27IS/c1-3-4-5-10-17(2)15-18-11-6-8-13-20(18)23-21-14-9-7-12-19(21)16-22/h6-9,11-14,17H,3-5,10,15-16H2,1-2H3. The lowest BCUT2D eigenvalue weighted by Gasteiger charge is -2.15. The molecule has 0 nitrogen and oxygen atoms in total. The number of unbranched alkanes of at least 4 members (excludes halogenated alkanes) is 2. The van der Waals surface area contributed by atoms with Gasteiger partial charge in [-0.25, -0.2) is 0 Å². The van der Waals surface area contributed by atoms with Gasteiger partial charge >= 0.3 is 0 Å². The Bertz CT molecular complexity index is 594. The molecule has 0 N–H and O–H groups in total. The van der Waals surface area contributed by atoms with Crippen molar-refractivity contribution in [2.24, 2.45) is 5.92 Å². The highest BCUT2D eigenvalue weighted by Crippen LogP contribution is 2.34. The SMILES string of the molecule is CCCCCC(C)Cc1ccccc1Sc1ccccc1CI. The molecule has 0 aromatic heterocycles. The van der Waals surface area contributed by atoms with Crippen molar-refractivity contribution in [3.63, 3.8) is 0 Å². The second-order valence-electron chi connectivity index (χ2n) is 6.26. The topological polar surface area (TPSA) is 0 Å². The van der Waals surface area contributed by atoms with E-state index in [1.54, 1.807) is 0 Å². The molecule has 1 unspecified atom stereocenters. The predicted molar refractivity (Wildman–Crippen MR) is 112 cm³/mol. The molecular formula is C21H27IS. The molecule has 23 heavy (non-hydrogen) atoms. The minimum Gasteiger partial charge on any atom is -0.0895 e. The average molecular weight is 438 g/mol. The van der Waals surface area contributed by atoms with Crippen LogP contribution in [0.1, 0.15) is 50.7 Å². The van der Waals surface area contributed by atoms with Crippen LogP contribution in [0.15, 0.2) is 58.3 Å². The van der Waals surface area contributed by atoms with Crippen LogP contribution in [0.3, 0.4) is 0 Å². The molecular weight excluding hydrogens is 411 g/mol. The van der Waals surface area contributed by atoms with Gasteiger partial charge in [-0.3, -0.25) is 0 Å². The largest absolute Gasteiger partial charge is 0.0895 e. The predicted octanol–water partition coefficient (Wildman–Crippen LogP) is 7.53. The zero-order chi connectivity index (χ0) is 16.5. The quantitative estimate of drug-likeness (QED) is 0.222. The number of rotatable bonds is 9. The molecule has 0 radical (unpaired) electrons. The van der Waals surface area contributed by atoms with Gasteiger partial charge in [0.15, 0.2) is 0 Å². The highest BCUT2D eigenvalue weighted by atomic mass is 127. The molecule has 0 bridgehead atoms. The molecule has 2 heteroatoms. The highest BCUT2D eigenvalue weighted by Gasteiger charge is 2.10. The van der Waals surface area contributed by atoms with Gasteiger partial charge in [0.2, 0.25) is 0 Å². The Kier molecular flexibility index (Phi) is 8.52. The lowest BCUT2D eigenvalue weighted by molar-refractivity contribution is 0.491. The number of benzene rings is 2. The van der Waals surface area contributed by atoms with E-state index < -0.39 is 0 Å². The molecule has 2 rings (SSSR count). The van der Waals surface area contributed by atoms with E-state index in [2.05, 4.69) is 85.0 Å². The molecule has 0 aliphatic rings. The second-order valence-corrected chi connectivity index (χ2v) is 8.10. The van der Waals surface area contributed by atoms with Gasteiger partial charge in [0.1, 0.15) is 0 Å². The summed E-state index contributed by atoms with van der Waals surface area (Å²) in [6.45, 7) is 4.68. The molecule has 0 saturated carbocycles. The number of hydrogen-bond donors (Lipinski definition) is 0. The van der Waals surface area contributed by atoms with Gasteiger partial charge in [-0.05, 0) is 35.6 Å². The third kappa shape index (κ3) is 6.15. The van der Waals surface area contributed by atoms with Crippen molar-refractivity contribution < 1.29 is 0 Å². The summed E-state index contributed by atoms with van der Waals surface area (Å²) < 4.78 is 1.07. The second kappa shape index (κ2) is 10.4. The normalized spacial score (nSPS) is 12.3. The summed E-state index contributed by atoms with van der Waals surface area (Å²) in [4.78, 5) is 2.82. The maximum absolute atomic E-state index is 2.46. The van der Waals surface area contributed by atoms with Crippen molar-refractivity contribution in [2.75, 3.05) is 0 Å². The molecule has 124 valence electrons. The Hall–Kier alpha value is -0.480. The van der Waals surface area contributed by atoms with E-state index in [1.807, 2.05) is 11.8 Å². The summed E-state index contributed by atoms with van der Waals surface area (Å²) in [6.07, 6.45) is 6.58. The van der Waals surface area contributed by atoms with Crippen LogP contribution >= 0.6 is 34.4 Å². The van der Waals surface area contributed by atoms with Crippen LogP contribution < -0.4 is 0 Å². The van der Waals surface area contributed by atoms with Crippen LogP contribution in [-0.2, 0) is 10.8 Å². The van der Waals surface area contributed by atoms with Crippen molar-refractivity contribution in [1.29, 1.82) is 0 Å². The summed E-state index contributed by atoms with van der Waals surface area (Å²) in [7, 11) is 0. The molecule has 0 aliphatic carbocycles. The summed E-state index contributed by atoms with van der Waals surface area (Å²) in [5.74, 6) is 0.767. The molecule has 2 aromatic rings. The summed E-state index contributed by atoms with van der Waals surface area (Å²) in [6, 6.07) is 17.7. The zero-order valence-corrected chi connectivity index (χ0v) is 17.2. The maximum Gasteiger partial charge on any atom is 0.0258 e. The van der Waals surface area contributed by atoms with Crippen molar-refractivity contribution >= 4 is 34.4 Å². The highest BCUT2D eigenvalue weighted by molar-refractivity contribution is 14.1. The van der Waals surface area contributed by atoms with E-state index in [1.165, 1.54) is 53.0 Å². The molecule has 0 aliphatic heterocycles. The van der Waals surface area contributed by atoms with Gasteiger partial charge in [0, 0.05) is 14.2 Å². The Morgan fingerprint density at radius 1 is 0.913 bits per heavy atom. The minimum atomic E-state index is 0.767. The number of halogens is 1.